The molecule has 0 radical (unpaired) electrons. The van der Waals surface area contributed by atoms with Crippen LogP contribution in [0.2, 0.25) is 0 Å². The van der Waals surface area contributed by atoms with E-state index in [1.165, 1.54) is 0 Å². The monoisotopic (exact) mass is 238 g/mol. The number of carboxylic acids is 1. The fourth-order valence-corrected chi connectivity index (χ4v) is 2.89. The van der Waals surface area contributed by atoms with E-state index in [1.807, 2.05) is 0 Å². The van der Waals surface area contributed by atoms with Gasteiger partial charge >= 0.3 is 5.97 Å². The van der Waals surface area contributed by atoms with Gasteiger partial charge in [-0.3, -0.25) is 4.79 Å². The molecule has 2 rings (SSSR count). The molecule has 1 saturated carbocycles. The lowest BCUT2D eigenvalue weighted by atomic mass is 10.1. The summed E-state index contributed by atoms with van der Waals surface area (Å²) in [5.74, 6) is 1.80. The molecule has 1 heterocycles. The number of hydrogen-bond acceptors (Lipinski definition) is 4. The molecule has 1 aliphatic rings. The summed E-state index contributed by atoms with van der Waals surface area (Å²) in [5.41, 5.74) is 0.0608. The van der Waals surface area contributed by atoms with E-state index in [4.69, 9.17) is 5.11 Å². The van der Waals surface area contributed by atoms with Crippen molar-refractivity contribution in [3.05, 3.63) is 24.3 Å². The number of rotatable bonds is 6. The van der Waals surface area contributed by atoms with E-state index in [0.717, 1.165) is 30.2 Å². The van der Waals surface area contributed by atoms with Crippen molar-refractivity contribution in [3.8, 4) is 0 Å². The SMILES string of the molecule is O=C(O)CC1(CSCc2ncccn2)CC1. The summed E-state index contributed by atoms with van der Waals surface area (Å²) in [6, 6.07) is 1.79. The Morgan fingerprint density at radius 1 is 1.44 bits per heavy atom. The van der Waals surface area contributed by atoms with Crippen LogP contribution < -0.4 is 0 Å². The van der Waals surface area contributed by atoms with E-state index < -0.39 is 5.97 Å². The predicted octanol–water partition coefficient (Wildman–Crippen LogP) is 1.96. The number of nitrogens with zero attached hydrogens (tertiary/aromatic N) is 2. The van der Waals surface area contributed by atoms with Gasteiger partial charge in [0.25, 0.3) is 0 Å². The lowest BCUT2D eigenvalue weighted by molar-refractivity contribution is -0.138. The quantitative estimate of drug-likeness (QED) is 0.820. The highest BCUT2D eigenvalue weighted by Crippen LogP contribution is 2.51. The van der Waals surface area contributed by atoms with Crippen molar-refractivity contribution in [2.24, 2.45) is 5.41 Å². The molecular weight excluding hydrogens is 224 g/mol. The van der Waals surface area contributed by atoms with E-state index in [1.54, 1.807) is 30.2 Å². The summed E-state index contributed by atoms with van der Waals surface area (Å²) in [4.78, 5) is 18.9. The number of aromatic nitrogens is 2. The second-order valence-corrected chi connectivity index (χ2v) is 5.21. The zero-order valence-corrected chi connectivity index (χ0v) is 9.74. The van der Waals surface area contributed by atoms with Gasteiger partial charge in [0, 0.05) is 12.4 Å². The molecular formula is C11H14N2O2S. The highest BCUT2D eigenvalue weighted by molar-refractivity contribution is 7.98. The number of carbonyl (C=O) groups is 1. The number of thioether (sulfide) groups is 1. The molecule has 1 N–H and O–H groups in total. The minimum Gasteiger partial charge on any atom is -0.481 e. The molecule has 0 amide bonds. The Bertz CT molecular complexity index is 366. The van der Waals surface area contributed by atoms with Crippen molar-refractivity contribution >= 4 is 17.7 Å². The predicted molar refractivity (Wildman–Crippen MR) is 62.1 cm³/mol. The van der Waals surface area contributed by atoms with E-state index in [-0.39, 0.29) is 5.41 Å². The van der Waals surface area contributed by atoms with Gasteiger partial charge in [0.2, 0.25) is 0 Å². The maximum atomic E-state index is 10.7. The van der Waals surface area contributed by atoms with Gasteiger partial charge in [-0.25, -0.2) is 9.97 Å². The normalized spacial score (nSPS) is 17.0. The molecule has 1 fully saturated rings. The molecule has 5 heteroatoms. The topological polar surface area (TPSA) is 63.1 Å². The van der Waals surface area contributed by atoms with Gasteiger partial charge in [-0.05, 0) is 30.1 Å². The average Bonchev–Trinajstić information content (AvgIpc) is 2.99. The van der Waals surface area contributed by atoms with Gasteiger partial charge in [-0.15, -0.1) is 0 Å². The molecule has 0 aromatic carbocycles. The van der Waals surface area contributed by atoms with Crippen LogP contribution in [-0.2, 0) is 10.5 Å². The Hall–Kier alpha value is -1.10. The molecule has 0 atom stereocenters. The van der Waals surface area contributed by atoms with E-state index in [9.17, 15) is 4.79 Å². The van der Waals surface area contributed by atoms with Crippen molar-refractivity contribution in [2.45, 2.75) is 25.0 Å². The van der Waals surface area contributed by atoms with Crippen LogP contribution in [0.15, 0.2) is 18.5 Å². The summed E-state index contributed by atoms with van der Waals surface area (Å²) in [5, 5.41) is 8.77. The summed E-state index contributed by atoms with van der Waals surface area (Å²) in [7, 11) is 0. The maximum Gasteiger partial charge on any atom is 0.303 e. The van der Waals surface area contributed by atoms with Crippen molar-refractivity contribution < 1.29 is 9.90 Å². The van der Waals surface area contributed by atoms with Crippen LogP contribution in [-0.4, -0.2) is 26.8 Å². The molecule has 1 aromatic heterocycles. The molecule has 86 valence electrons. The van der Waals surface area contributed by atoms with Crippen LogP contribution in [0.4, 0.5) is 0 Å². The Balaban J connectivity index is 1.74. The molecule has 0 saturated heterocycles. The fraction of sp³-hybridized carbons (Fsp3) is 0.545. The molecule has 4 nitrogen and oxygen atoms in total. The standard InChI is InChI=1S/C11H14N2O2S/c14-10(15)6-11(2-3-11)8-16-7-9-12-4-1-5-13-9/h1,4-5H,2-3,6-8H2,(H,14,15). The number of aliphatic carboxylic acids is 1. The fourth-order valence-electron chi connectivity index (χ4n) is 1.63. The van der Waals surface area contributed by atoms with Gasteiger partial charge in [-0.1, -0.05) is 0 Å². The minimum absolute atomic E-state index is 0.0608. The third-order valence-electron chi connectivity index (χ3n) is 2.74. The van der Waals surface area contributed by atoms with Crippen molar-refractivity contribution in [1.29, 1.82) is 0 Å². The lowest BCUT2D eigenvalue weighted by Crippen LogP contribution is -2.11. The van der Waals surface area contributed by atoms with Crippen LogP contribution in [0.5, 0.6) is 0 Å². The zero-order valence-electron chi connectivity index (χ0n) is 8.93. The molecule has 0 bridgehead atoms. The smallest absolute Gasteiger partial charge is 0.303 e. The van der Waals surface area contributed by atoms with Crippen molar-refractivity contribution in [2.75, 3.05) is 5.75 Å². The number of hydrogen-bond donors (Lipinski definition) is 1. The highest BCUT2D eigenvalue weighted by Gasteiger charge is 2.44. The van der Waals surface area contributed by atoms with Crippen LogP contribution in [0, 0.1) is 5.41 Å². The molecule has 0 spiro atoms. The van der Waals surface area contributed by atoms with Gasteiger partial charge in [0.05, 0.1) is 12.2 Å². The third-order valence-corrected chi connectivity index (χ3v) is 4.02. The molecule has 1 aromatic rings. The third kappa shape index (κ3) is 3.20. The first-order chi connectivity index (χ1) is 7.70. The highest BCUT2D eigenvalue weighted by atomic mass is 32.2. The van der Waals surface area contributed by atoms with Gasteiger partial charge in [-0.2, -0.15) is 11.8 Å². The second kappa shape index (κ2) is 4.82. The molecule has 1 aliphatic carbocycles. The van der Waals surface area contributed by atoms with E-state index >= 15 is 0 Å². The maximum absolute atomic E-state index is 10.7. The van der Waals surface area contributed by atoms with E-state index in [0.29, 0.717) is 6.42 Å². The molecule has 16 heavy (non-hydrogen) atoms. The Kier molecular flexibility index (Phi) is 3.43. The summed E-state index contributed by atoms with van der Waals surface area (Å²) >= 11 is 1.73. The second-order valence-electron chi connectivity index (χ2n) is 4.23. The van der Waals surface area contributed by atoms with Crippen molar-refractivity contribution in [1.82, 2.24) is 9.97 Å². The van der Waals surface area contributed by atoms with Gasteiger partial charge < -0.3 is 5.11 Å². The molecule has 0 aliphatic heterocycles. The first kappa shape index (κ1) is 11.4. The summed E-state index contributed by atoms with van der Waals surface area (Å²) in [6.07, 6.45) is 5.85. The zero-order chi connectivity index (χ0) is 11.4. The van der Waals surface area contributed by atoms with Crippen LogP contribution >= 0.6 is 11.8 Å². The number of carboxylic acid groups (broad SMARTS) is 1. The minimum atomic E-state index is -0.686. The summed E-state index contributed by atoms with van der Waals surface area (Å²) < 4.78 is 0. The van der Waals surface area contributed by atoms with Gasteiger partial charge in [0.15, 0.2) is 0 Å². The van der Waals surface area contributed by atoms with Crippen molar-refractivity contribution in [3.63, 3.8) is 0 Å². The van der Waals surface area contributed by atoms with Gasteiger partial charge in [0.1, 0.15) is 5.82 Å². The Labute approximate surface area is 98.5 Å². The summed E-state index contributed by atoms with van der Waals surface area (Å²) in [6.45, 7) is 0. The average molecular weight is 238 g/mol. The van der Waals surface area contributed by atoms with Crippen LogP contribution in [0.3, 0.4) is 0 Å². The Morgan fingerprint density at radius 2 is 2.12 bits per heavy atom. The van der Waals surface area contributed by atoms with E-state index in [2.05, 4.69) is 9.97 Å². The van der Waals surface area contributed by atoms with Crippen LogP contribution in [0.25, 0.3) is 0 Å². The first-order valence-electron chi connectivity index (χ1n) is 5.26. The molecule has 0 unspecified atom stereocenters. The van der Waals surface area contributed by atoms with Crippen LogP contribution in [0.1, 0.15) is 25.1 Å². The Morgan fingerprint density at radius 3 is 2.69 bits per heavy atom. The first-order valence-corrected chi connectivity index (χ1v) is 6.41. The largest absolute Gasteiger partial charge is 0.481 e. The lowest BCUT2D eigenvalue weighted by Gasteiger charge is -2.10.